The molecule has 0 saturated carbocycles. The molecular weight excluding hydrogens is 487 g/mol. The average Bonchev–Trinajstić information content (AvgIpc) is 3.48. The zero-order valence-electron chi connectivity index (χ0n) is 22.4. The minimum Gasteiger partial charge on any atom is -0.449 e. The SMILES string of the molecule is Cc1nnc(C(=O)N2CCN(C(=O)c3cc4nc(-c5ccc(F)cc5)cc(C(C)(C)C)c4o3)C(C)(C)C2)[nH]1. The van der Waals surface area contributed by atoms with E-state index in [1.165, 1.54) is 12.1 Å². The number of rotatable bonds is 3. The zero-order chi connectivity index (χ0) is 27.4. The van der Waals surface area contributed by atoms with Crippen molar-refractivity contribution in [2.75, 3.05) is 19.6 Å². The maximum absolute atomic E-state index is 13.7. The minimum absolute atomic E-state index is 0.188. The lowest BCUT2D eigenvalue weighted by molar-refractivity contribution is 0.0146. The van der Waals surface area contributed by atoms with Crippen LogP contribution in [-0.2, 0) is 5.41 Å². The Hall–Kier alpha value is -4.08. The van der Waals surface area contributed by atoms with Gasteiger partial charge in [0.25, 0.3) is 11.8 Å². The van der Waals surface area contributed by atoms with E-state index in [2.05, 4.69) is 36.0 Å². The molecule has 0 unspecified atom stereocenters. The first-order chi connectivity index (χ1) is 17.8. The number of hydrogen-bond donors (Lipinski definition) is 1. The molecule has 0 atom stereocenters. The molecule has 5 rings (SSSR count). The highest BCUT2D eigenvalue weighted by Crippen LogP contribution is 2.35. The number of aryl methyl sites for hydroxylation is 1. The number of nitrogens with one attached hydrogen (secondary N) is 1. The molecular formula is C28H31FN6O3. The normalized spacial score (nSPS) is 15.8. The highest BCUT2D eigenvalue weighted by atomic mass is 19.1. The maximum Gasteiger partial charge on any atom is 0.291 e. The summed E-state index contributed by atoms with van der Waals surface area (Å²) in [5.74, 6) is 0.112. The van der Waals surface area contributed by atoms with Gasteiger partial charge in [-0.05, 0) is 56.5 Å². The zero-order valence-corrected chi connectivity index (χ0v) is 22.4. The van der Waals surface area contributed by atoms with Gasteiger partial charge in [0, 0.05) is 36.8 Å². The molecule has 1 aliphatic rings. The number of halogens is 1. The number of carbonyl (C=O) groups excluding carboxylic acids is 2. The first-order valence-corrected chi connectivity index (χ1v) is 12.5. The standard InChI is InChI=1S/C28H31FN6O3/c1-16-30-24(33-32-16)26(37)34-11-12-35(28(5,6)15-34)25(36)22-14-21-23(38-22)19(27(2,3)4)13-20(31-21)17-7-9-18(29)10-8-17/h7-10,13-14H,11-12,15H2,1-6H3,(H,30,32,33). The van der Waals surface area contributed by atoms with Gasteiger partial charge in [0.05, 0.1) is 11.2 Å². The van der Waals surface area contributed by atoms with Crippen molar-refractivity contribution in [3.05, 3.63) is 65.2 Å². The Bertz CT molecular complexity index is 1530. The number of piperazine rings is 1. The van der Waals surface area contributed by atoms with Crippen LogP contribution in [0.3, 0.4) is 0 Å². The van der Waals surface area contributed by atoms with Crippen molar-refractivity contribution in [2.24, 2.45) is 0 Å². The second kappa shape index (κ2) is 9.04. The van der Waals surface area contributed by atoms with Crippen LogP contribution in [-0.4, -0.2) is 67.0 Å². The molecule has 4 aromatic rings. The molecule has 38 heavy (non-hydrogen) atoms. The largest absolute Gasteiger partial charge is 0.449 e. The number of H-pyrrole nitrogens is 1. The summed E-state index contributed by atoms with van der Waals surface area (Å²) in [4.78, 5) is 37.7. The van der Waals surface area contributed by atoms with Crippen molar-refractivity contribution in [1.82, 2.24) is 30.0 Å². The number of amides is 2. The highest BCUT2D eigenvalue weighted by molar-refractivity contribution is 5.97. The van der Waals surface area contributed by atoms with Crippen molar-refractivity contribution < 1.29 is 18.4 Å². The van der Waals surface area contributed by atoms with E-state index >= 15 is 0 Å². The molecule has 2 amide bonds. The molecule has 9 nitrogen and oxygen atoms in total. The summed E-state index contributed by atoms with van der Waals surface area (Å²) in [6.07, 6.45) is 0. The van der Waals surface area contributed by atoms with Gasteiger partial charge < -0.3 is 19.2 Å². The van der Waals surface area contributed by atoms with Gasteiger partial charge in [-0.1, -0.05) is 20.8 Å². The number of carbonyl (C=O) groups is 2. The van der Waals surface area contributed by atoms with E-state index in [-0.39, 0.29) is 34.6 Å². The summed E-state index contributed by atoms with van der Waals surface area (Å²) in [6.45, 7) is 12.8. The quantitative estimate of drug-likeness (QED) is 0.420. The third kappa shape index (κ3) is 4.66. The Morgan fingerprint density at radius 2 is 1.76 bits per heavy atom. The third-order valence-electron chi connectivity index (χ3n) is 6.87. The van der Waals surface area contributed by atoms with Crippen molar-refractivity contribution in [2.45, 2.75) is 52.5 Å². The summed E-state index contributed by atoms with van der Waals surface area (Å²) in [5.41, 5.74) is 2.52. The number of hydrogen-bond acceptors (Lipinski definition) is 6. The summed E-state index contributed by atoms with van der Waals surface area (Å²) in [5, 5.41) is 7.78. The number of benzene rings is 1. The highest BCUT2D eigenvalue weighted by Gasteiger charge is 2.40. The molecule has 0 aliphatic carbocycles. The summed E-state index contributed by atoms with van der Waals surface area (Å²) >= 11 is 0. The van der Waals surface area contributed by atoms with Crippen LogP contribution in [0.2, 0.25) is 0 Å². The number of pyridine rings is 1. The monoisotopic (exact) mass is 518 g/mol. The predicted octanol–water partition coefficient (Wildman–Crippen LogP) is 4.73. The van der Waals surface area contributed by atoms with Crippen LogP contribution >= 0.6 is 0 Å². The number of aromatic amines is 1. The first kappa shape index (κ1) is 25.6. The minimum atomic E-state index is -0.654. The van der Waals surface area contributed by atoms with E-state index in [9.17, 15) is 14.0 Å². The Morgan fingerprint density at radius 3 is 2.37 bits per heavy atom. The van der Waals surface area contributed by atoms with Crippen LogP contribution in [0.1, 0.15) is 67.2 Å². The lowest BCUT2D eigenvalue weighted by atomic mass is 9.86. The van der Waals surface area contributed by atoms with Gasteiger partial charge in [-0.15, -0.1) is 10.2 Å². The van der Waals surface area contributed by atoms with Crippen LogP contribution in [0.4, 0.5) is 4.39 Å². The number of nitrogens with zero attached hydrogens (tertiary/aromatic N) is 5. The molecule has 0 bridgehead atoms. The fourth-order valence-electron chi connectivity index (χ4n) is 4.88. The van der Waals surface area contributed by atoms with Gasteiger partial charge in [0.15, 0.2) is 11.3 Å². The van der Waals surface area contributed by atoms with Crippen LogP contribution in [0, 0.1) is 12.7 Å². The van der Waals surface area contributed by atoms with E-state index in [1.807, 2.05) is 19.9 Å². The second-order valence-corrected chi connectivity index (χ2v) is 11.4. The van der Waals surface area contributed by atoms with Crippen LogP contribution in [0.5, 0.6) is 0 Å². The van der Waals surface area contributed by atoms with E-state index in [1.54, 1.807) is 34.9 Å². The molecule has 0 radical (unpaired) electrons. The Kier molecular flexibility index (Phi) is 6.08. The molecule has 0 spiro atoms. The molecule has 1 aliphatic heterocycles. The van der Waals surface area contributed by atoms with Crippen molar-refractivity contribution in [1.29, 1.82) is 0 Å². The van der Waals surface area contributed by atoms with Crippen LogP contribution < -0.4 is 0 Å². The molecule has 1 N–H and O–H groups in total. The van der Waals surface area contributed by atoms with Crippen molar-refractivity contribution in [3.8, 4) is 11.3 Å². The molecule has 198 valence electrons. The fraction of sp³-hybridized carbons (Fsp3) is 0.393. The van der Waals surface area contributed by atoms with Crippen LogP contribution in [0.15, 0.2) is 40.8 Å². The predicted molar refractivity (Wildman–Crippen MR) is 140 cm³/mol. The molecule has 10 heteroatoms. The van der Waals surface area contributed by atoms with Crippen molar-refractivity contribution >= 4 is 22.9 Å². The second-order valence-electron chi connectivity index (χ2n) is 11.4. The van der Waals surface area contributed by atoms with Gasteiger partial charge in [-0.3, -0.25) is 9.59 Å². The van der Waals surface area contributed by atoms with E-state index in [4.69, 9.17) is 9.40 Å². The van der Waals surface area contributed by atoms with Gasteiger partial charge in [-0.25, -0.2) is 9.37 Å². The first-order valence-electron chi connectivity index (χ1n) is 12.5. The summed E-state index contributed by atoms with van der Waals surface area (Å²) in [7, 11) is 0. The van der Waals surface area contributed by atoms with Gasteiger partial charge in [0.2, 0.25) is 5.82 Å². The molecule has 1 aromatic carbocycles. The third-order valence-corrected chi connectivity index (χ3v) is 6.87. The summed E-state index contributed by atoms with van der Waals surface area (Å²) in [6, 6.07) is 9.78. The van der Waals surface area contributed by atoms with E-state index < -0.39 is 5.54 Å². The molecule has 4 heterocycles. The van der Waals surface area contributed by atoms with Crippen LogP contribution in [0.25, 0.3) is 22.4 Å². The lowest BCUT2D eigenvalue weighted by Crippen LogP contribution is -2.62. The number of furan rings is 1. The summed E-state index contributed by atoms with van der Waals surface area (Å²) < 4.78 is 19.7. The van der Waals surface area contributed by atoms with Gasteiger partial charge in [-0.2, -0.15) is 0 Å². The maximum atomic E-state index is 13.7. The lowest BCUT2D eigenvalue weighted by Gasteiger charge is -2.46. The Balaban J connectivity index is 1.46. The Morgan fingerprint density at radius 1 is 1.05 bits per heavy atom. The van der Waals surface area contributed by atoms with E-state index in [0.717, 1.165) is 11.1 Å². The number of aromatic nitrogens is 4. The number of fused-ring (bicyclic) bond motifs is 1. The van der Waals surface area contributed by atoms with Gasteiger partial charge in [0.1, 0.15) is 17.2 Å². The van der Waals surface area contributed by atoms with Gasteiger partial charge >= 0.3 is 0 Å². The Labute approximate surface area is 220 Å². The average molecular weight is 519 g/mol. The smallest absolute Gasteiger partial charge is 0.291 e. The fourth-order valence-corrected chi connectivity index (χ4v) is 4.88. The molecule has 1 saturated heterocycles. The topological polar surface area (TPSA) is 108 Å². The van der Waals surface area contributed by atoms with E-state index in [0.29, 0.717) is 42.3 Å². The van der Waals surface area contributed by atoms with Crippen molar-refractivity contribution in [3.63, 3.8) is 0 Å². The molecule has 1 fully saturated rings. The molecule has 3 aromatic heterocycles.